The Labute approximate surface area is 191 Å². The number of halogens is 4. The van der Waals surface area contributed by atoms with Crippen molar-refractivity contribution in [1.29, 1.82) is 5.26 Å². The summed E-state index contributed by atoms with van der Waals surface area (Å²) in [6, 6.07) is 12.2. The van der Waals surface area contributed by atoms with Crippen LogP contribution in [0.2, 0.25) is 0 Å². The normalized spacial score (nSPS) is 14.9. The van der Waals surface area contributed by atoms with Crippen LogP contribution in [0.5, 0.6) is 11.5 Å². The number of hydrogen-bond donors (Lipinski definition) is 2. The first-order chi connectivity index (χ1) is 16.2. The van der Waals surface area contributed by atoms with Crippen LogP contribution in [0.1, 0.15) is 16.8 Å². The summed E-state index contributed by atoms with van der Waals surface area (Å²) < 4.78 is 65.0. The van der Waals surface area contributed by atoms with Crippen molar-refractivity contribution >= 4 is 6.34 Å². The van der Waals surface area contributed by atoms with Crippen LogP contribution in [-0.4, -0.2) is 34.7 Å². The summed E-state index contributed by atoms with van der Waals surface area (Å²) in [6.45, 7) is -0.802. The van der Waals surface area contributed by atoms with Crippen LogP contribution in [0.15, 0.2) is 65.9 Å². The van der Waals surface area contributed by atoms with E-state index >= 15 is 8.78 Å². The number of aromatic nitrogens is 1. The van der Waals surface area contributed by atoms with E-state index in [0.29, 0.717) is 17.4 Å². The van der Waals surface area contributed by atoms with Crippen molar-refractivity contribution in [3.8, 4) is 17.6 Å². The molecule has 34 heavy (non-hydrogen) atoms. The molecule has 3 aromatic rings. The van der Waals surface area contributed by atoms with Crippen molar-refractivity contribution in [3.05, 3.63) is 89.2 Å². The fourth-order valence-corrected chi connectivity index (χ4v) is 3.42. The maximum absolute atomic E-state index is 15.7. The molecular formula is C23H17F4N5O2. The number of aliphatic hydroxyl groups is 1. The Morgan fingerprint density at radius 1 is 1.09 bits per heavy atom. The number of nitrogens with one attached hydrogen (secondary N) is 1. The van der Waals surface area contributed by atoms with Gasteiger partial charge in [-0.25, -0.2) is 8.78 Å². The zero-order valence-electron chi connectivity index (χ0n) is 17.4. The predicted molar refractivity (Wildman–Crippen MR) is 113 cm³/mol. The quantitative estimate of drug-likeness (QED) is 0.509. The van der Waals surface area contributed by atoms with Crippen molar-refractivity contribution < 1.29 is 27.4 Å². The zero-order valence-corrected chi connectivity index (χ0v) is 17.4. The monoisotopic (exact) mass is 471 g/mol. The van der Waals surface area contributed by atoms with E-state index in [1.54, 1.807) is 0 Å². The number of nitrogens with zero attached hydrogens (tertiary/aromatic N) is 4. The highest BCUT2D eigenvalue weighted by Crippen LogP contribution is 2.46. The highest BCUT2D eigenvalue weighted by Gasteiger charge is 2.58. The van der Waals surface area contributed by atoms with Crippen LogP contribution in [0.3, 0.4) is 0 Å². The maximum atomic E-state index is 15.7. The summed E-state index contributed by atoms with van der Waals surface area (Å²) in [5, 5.41) is 27.6. The number of hydrogen-bond acceptors (Lipinski definition) is 7. The first-order valence-electron chi connectivity index (χ1n) is 9.94. The summed E-state index contributed by atoms with van der Waals surface area (Å²) in [7, 11) is 0. The fraction of sp³-hybridized carbons (Fsp3) is 0.174. The van der Waals surface area contributed by atoms with E-state index in [4.69, 9.17) is 10.00 Å². The Kier molecular flexibility index (Phi) is 6.08. The van der Waals surface area contributed by atoms with Crippen LogP contribution in [0, 0.1) is 23.0 Å². The van der Waals surface area contributed by atoms with Crippen molar-refractivity contribution in [1.82, 2.24) is 15.3 Å². The molecule has 174 valence electrons. The summed E-state index contributed by atoms with van der Waals surface area (Å²) in [6.07, 6.45) is 2.27. The molecule has 0 spiro atoms. The second-order valence-corrected chi connectivity index (χ2v) is 7.45. The lowest BCUT2D eigenvalue weighted by molar-refractivity contribution is -0.207. The lowest BCUT2D eigenvalue weighted by Gasteiger charge is -2.38. The average molecular weight is 471 g/mol. The number of ether oxygens (including phenoxy) is 1. The molecule has 7 nitrogen and oxygen atoms in total. The van der Waals surface area contributed by atoms with Gasteiger partial charge in [-0.05, 0) is 48.5 Å². The van der Waals surface area contributed by atoms with Gasteiger partial charge in [0, 0.05) is 11.6 Å². The summed E-state index contributed by atoms with van der Waals surface area (Å²) in [5.74, 6) is -5.95. The smallest absolute Gasteiger partial charge is 0.323 e. The van der Waals surface area contributed by atoms with Crippen LogP contribution in [0.25, 0.3) is 0 Å². The van der Waals surface area contributed by atoms with Gasteiger partial charge in [0.2, 0.25) is 0 Å². The molecule has 2 heterocycles. The van der Waals surface area contributed by atoms with Crippen LogP contribution >= 0.6 is 0 Å². The van der Waals surface area contributed by atoms with Gasteiger partial charge in [-0.15, -0.1) is 0 Å². The molecule has 2 aromatic carbocycles. The minimum Gasteiger partial charge on any atom is -0.456 e. The Bertz CT molecular complexity index is 1250. The van der Waals surface area contributed by atoms with Gasteiger partial charge in [-0.1, -0.05) is 0 Å². The first-order valence-corrected chi connectivity index (χ1v) is 9.94. The summed E-state index contributed by atoms with van der Waals surface area (Å²) in [4.78, 5) is 3.74. The van der Waals surface area contributed by atoms with Gasteiger partial charge in [-0.3, -0.25) is 9.99 Å². The van der Waals surface area contributed by atoms with Crippen molar-refractivity contribution in [2.24, 2.45) is 5.10 Å². The molecule has 0 bridgehead atoms. The van der Waals surface area contributed by atoms with E-state index in [0.717, 1.165) is 29.4 Å². The number of hydrazone groups is 1. The van der Waals surface area contributed by atoms with Gasteiger partial charge in [0.1, 0.15) is 41.8 Å². The molecule has 1 aliphatic heterocycles. The van der Waals surface area contributed by atoms with Crippen LogP contribution < -0.4 is 10.1 Å². The van der Waals surface area contributed by atoms with Crippen LogP contribution in [0.4, 0.5) is 17.6 Å². The lowest BCUT2D eigenvalue weighted by Crippen LogP contribution is -2.51. The minimum atomic E-state index is -4.11. The predicted octanol–water partition coefficient (Wildman–Crippen LogP) is 3.81. The van der Waals surface area contributed by atoms with E-state index in [-0.39, 0.29) is 12.4 Å². The molecule has 11 heteroatoms. The molecule has 0 aliphatic carbocycles. The number of β-amino-alcohol motifs (C(OH)–C–C–N with tert-alkyl or cyclic N) is 1. The molecule has 0 saturated heterocycles. The summed E-state index contributed by atoms with van der Waals surface area (Å²) in [5.41, 5.74) is -4.38. The Morgan fingerprint density at radius 3 is 2.41 bits per heavy atom. The Balaban J connectivity index is 1.66. The molecule has 0 radical (unpaired) electrons. The second kappa shape index (κ2) is 8.99. The standard InChI is InChI=1S/C23H17F4N5O2/c24-16-3-7-19(20(25)9-16)22(33,12-32-14-29-13-31-32)23(26,27)21-8-6-18(11-30-21)34-17-4-1-15(10-28)2-5-17/h1-9,11,13,33H,12,14H2,(H,29,31). The van der Waals surface area contributed by atoms with E-state index in [9.17, 15) is 13.9 Å². The topological polar surface area (TPSA) is 93.8 Å². The third kappa shape index (κ3) is 4.35. The van der Waals surface area contributed by atoms with Crippen LogP contribution in [-0.2, 0) is 11.5 Å². The molecule has 1 unspecified atom stereocenters. The maximum Gasteiger partial charge on any atom is 0.323 e. The highest BCUT2D eigenvalue weighted by molar-refractivity contribution is 5.55. The van der Waals surface area contributed by atoms with E-state index in [1.807, 2.05) is 6.07 Å². The molecule has 2 N–H and O–H groups in total. The number of nitriles is 1. The zero-order chi connectivity index (χ0) is 24.3. The van der Waals surface area contributed by atoms with Gasteiger partial charge in [0.25, 0.3) is 0 Å². The average Bonchev–Trinajstić information content (AvgIpc) is 3.32. The number of rotatable bonds is 7. The first kappa shape index (κ1) is 23.0. The van der Waals surface area contributed by atoms with E-state index < -0.39 is 41.0 Å². The molecule has 1 atom stereocenters. The van der Waals surface area contributed by atoms with Crippen molar-refractivity contribution in [3.63, 3.8) is 0 Å². The molecule has 4 rings (SSSR count). The Morgan fingerprint density at radius 2 is 1.82 bits per heavy atom. The molecule has 0 saturated carbocycles. The third-order valence-electron chi connectivity index (χ3n) is 5.17. The van der Waals surface area contributed by atoms with Gasteiger partial charge in [0.15, 0.2) is 5.60 Å². The van der Waals surface area contributed by atoms with E-state index in [1.165, 1.54) is 36.7 Å². The minimum absolute atomic E-state index is 0.00595. The van der Waals surface area contributed by atoms with Gasteiger partial charge < -0.3 is 15.2 Å². The van der Waals surface area contributed by atoms with Gasteiger partial charge >= 0.3 is 5.92 Å². The molecule has 1 aromatic heterocycles. The highest BCUT2D eigenvalue weighted by atomic mass is 19.3. The van der Waals surface area contributed by atoms with Crippen molar-refractivity contribution in [2.45, 2.75) is 11.5 Å². The number of benzene rings is 2. The molecule has 0 amide bonds. The largest absolute Gasteiger partial charge is 0.456 e. The number of pyridine rings is 1. The summed E-state index contributed by atoms with van der Waals surface area (Å²) >= 11 is 0. The van der Waals surface area contributed by atoms with Crippen molar-refractivity contribution in [2.75, 3.05) is 13.2 Å². The SMILES string of the molecule is N#Cc1ccc(Oc2ccc(C(F)(F)C(O)(CN3CNC=N3)c3ccc(F)cc3F)nc2)cc1. The molecule has 1 aliphatic rings. The number of alkyl halides is 2. The fourth-order valence-electron chi connectivity index (χ4n) is 3.42. The van der Waals surface area contributed by atoms with E-state index in [2.05, 4.69) is 15.4 Å². The second-order valence-electron chi connectivity index (χ2n) is 7.45. The lowest BCUT2D eigenvalue weighted by atomic mass is 9.84. The molecule has 0 fully saturated rings. The Hall–Kier alpha value is -4.17. The third-order valence-corrected chi connectivity index (χ3v) is 5.17. The van der Waals surface area contributed by atoms with Gasteiger partial charge in [-0.2, -0.15) is 19.1 Å². The van der Waals surface area contributed by atoms with Gasteiger partial charge in [0.05, 0.1) is 24.4 Å². The molecular weight excluding hydrogens is 454 g/mol.